The molecule has 0 aliphatic carbocycles. The van der Waals surface area contributed by atoms with Gasteiger partial charge in [-0.05, 0) is 6.92 Å². The quantitative estimate of drug-likeness (QED) is 0.535. The van der Waals surface area contributed by atoms with Gasteiger partial charge in [0.05, 0.1) is 26.4 Å². The highest BCUT2D eigenvalue weighted by Gasteiger charge is 2.23. The highest BCUT2D eigenvalue weighted by molar-refractivity contribution is 5.86. The van der Waals surface area contributed by atoms with E-state index in [1.165, 1.54) is 0 Å². The third-order valence-electron chi connectivity index (χ3n) is 2.36. The van der Waals surface area contributed by atoms with Crippen LogP contribution in [0.3, 0.4) is 0 Å². The SMILES string of the molecule is C=C(C)C(=O)OCC(C)(C)COCC(C)(C)CO. The molecule has 0 spiro atoms. The lowest BCUT2D eigenvalue weighted by molar-refractivity contribution is -0.143. The minimum absolute atomic E-state index is 0.0814. The Morgan fingerprint density at radius 3 is 2.06 bits per heavy atom. The highest BCUT2D eigenvalue weighted by atomic mass is 16.5. The predicted molar refractivity (Wildman–Crippen MR) is 71.2 cm³/mol. The molecule has 106 valence electrons. The van der Waals surface area contributed by atoms with Gasteiger partial charge in [0.2, 0.25) is 0 Å². The molecule has 0 heterocycles. The maximum absolute atomic E-state index is 11.3. The van der Waals surface area contributed by atoms with Crippen LogP contribution in [0.2, 0.25) is 0 Å². The lowest BCUT2D eigenvalue weighted by Gasteiger charge is -2.27. The van der Waals surface area contributed by atoms with Crippen LogP contribution in [0.15, 0.2) is 12.2 Å². The first-order valence-corrected chi connectivity index (χ1v) is 6.11. The molecule has 0 unspecified atom stereocenters. The van der Waals surface area contributed by atoms with Crippen molar-refractivity contribution in [1.29, 1.82) is 0 Å². The summed E-state index contributed by atoms with van der Waals surface area (Å²) in [6.07, 6.45) is 0. The van der Waals surface area contributed by atoms with Gasteiger partial charge in [-0.3, -0.25) is 0 Å². The normalized spacial score (nSPS) is 12.3. The van der Waals surface area contributed by atoms with E-state index in [1.54, 1.807) is 6.92 Å². The molecule has 0 aliphatic rings. The van der Waals surface area contributed by atoms with Gasteiger partial charge in [0.25, 0.3) is 0 Å². The zero-order chi connectivity index (χ0) is 14.4. The Kier molecular flexibility index (Phi) is 6.57. The molecule has 0 rings (SSSR count). The minimum Gasteiger partial charge on any atom is -0.462 e. The van der Waals surface area contributed by atoms with E-state index in [0.717, 1.165) is 0 Å². The van der Waals surface area contributed by atoms with Crippen LogP contribution in [0.4, 0.5) is 0 Å². The van der Waals surface area contributed by atoms with Gasteiger partial charge in [0.1, 0.15) is 0 Å². The van der Waals surface area contributed by atoms with E-state index >= 15 is 0 Å². The molecule has 0 radical (unpaired) electrons. The summed E-state index contributed by atoms with van der Waals surface area (Å²) in [5, 5.41) is 9.10. The van der Waals surface area contributed by atoms with Crippen molar-refractivity contribution >= 4 is 5.97 Å². The molecule has 0 aromatic carbocycles. The zero-order valence-corrected chi connectivity index (χ0v) is 12.2. The summed E-state index contributed by atoms with van der Waals surface area (Å²) in [5.41, 5.74) is -0.102. The van der Waals surface area contributed by atoms with Crippen LogP contribution in [0, 0.1) is 10.8 Å². The van der Waals surface area contributed by atoms with Crippen molar-refractivity contribution in [1.82, 2.24) is 0 Å². The summed E-state index contributed by atoms with van der Waals surface area (Å²) in [6, 6.07) is 0. The number of hydrogen-bond acceptors (Lipinski definition) is 4. The number of aliphatic hydroxyl groups is 1. The fraction of sp³-hybridized carbons (Fsp3) is 0.786. The van der Waals surface area contributed by atoms with E-state index in [2.05, 4.69) is 6.58 Å². The third kappa shape index (κ3) is 7.45. The van der Waals surface area contributed by atoms with Gasteiger partial charge < -0.3 is 14.6 Å². The van der Waals surface area contributed by atoms with Gasteiger partial charge in [-0.15, -0.1) is 0 Å². The van der Waals surface area contributed by atoms with E-state index in [0.29, 0.717) is 18.8 Å². The van der Waals surface area contributed by atoms with Crippen molar-refractivity contribution in [2.75, 3.05) is 26.4 Å². The molecule has 0 aromatic heterocycles. The van der Waals surface area contributed by atoms with Gasteiger partial charge in [0, 0.05) is 16.4 Å². The number of carbonyl (C=O) groups is 1. The summed E-state index contributed by atoms with van der Waals surface area (Å²) < 4.78 is 10.7. The Hall–Kier alpha value is -0.870. The van der Waals surface area contributed by atoms with Crippen LogP contribution in [0.5, 0.6) is 0 Å². The second kappa shape index (κ2) is 6.90. The standard InChI is InChI=1S/C14H26O4/c1-11(2)12(16)18-10-14(5,6)9-17-8-13(3,4)7-15/h15H,1,7-10H2,2-6H3. The lowest BCUT2D eigenvalue weighted by atomic mass is 9.94. The van der Waals surface area contributed by atoms with E-state index < -0.39 is 0 Å². The molecular weight excluding hydrogens is 232 g/mol. The topological polar surface area (TPSA) is 55.8 Å². The summed E-state index contributed by atoms with van der Waals surface area (Å²) in [7, 11) is 0. The molecule has 0 amide bonds. The zero-order valence-electron chi connectivity index (χ0n) is 12.2. The van der Waals surface area contributed by atoms with Gasteiger partial charge >= 0.3 is 5.97 Å². The maximum atomic E-state index is 11.3. The fourth-order valence-corrected chi connectivity index (χ4v) is 1.08. The van der Waals surface area contributed by atoms with Crippen molar-refractivity contribution in [3.8, 4) is 0 Å². The summed E-state index contributed by atoms with van der Waals surface area (Å²) >= 11 is 0. The predicted octanol–water partition coefficient (Wildman–Crippen LogP) is 2.17. The maximum Gasteiger partial charge on any atom is 0.333 e. The monoisotopic (exact) mass is 258 g/mol. The van der Waals surface area contributed by atoms with E-state index in [-0.39, 0.29) is 30.0 Å². The largest absolute Gasteiger partial charge is 0.462 e. The number of carbonyl (C=O) groups excluding carboxylic acids is 1. The Morgan fingerprint density at radius 2 is 1.61 bits per heavy atom. The number of hydrogen-bond donors (Lipinski definition) is 1. The van der Waals surface area contributed by atoms with Crippen molar-refractivity contribution in [2.45, 2.75) is 34.6 Å². The van der Waals surface area contributed by atoms with Crippen LogP contribution in [-0.4, -0.2) is 37.5 Å². The molecule has 0 aliphatic heterocycles. The average Bonchev–Trinajstić information content (AvgIpc) is 2.25. The number of ether oxygens (including phenoxy) is 2. The summed E-state index contributed by atoms with van der Waals surface area (Å²) in [6.45, 7) is 14.3. The van der Waals surface area contributed by atoms with Gasteiger partial charge in [-0.25, -0.2) is 4.79 Å². The smallest absolute Gasteiger partial charge is 0.333 e. The highest BCUT2D eigenvalue weighted by Crippen LogP contribution is 2.20. The van der Waals surface area contributed by atoms with E-state index in [4.69, 9.17) is 14.6 Å². The second-order valence-corrected chi connectivity index (χ2v) is 6.34. The molecule has 0 bridgehead atoms. The van der Waals surface area contributed by atoms with Crippen molar-refractivity contribution in [2.24, 2.45) is 10.8 Å². The lowest BCUT2D eigenvalue weighted by Crippen LogP contribution is -2.31. The summed E-state index contributed by atoms with van der Waals surface area (Å²) in [4.78, 5) is 11.3. The molecule has 18 heavy (non-hydrogen) atoms. The molecule has 0 fully saturated rings. The van der Waals surface area contributed by atoms with Crippen LogP contribution in [0.1, 0.15) is 34.6 Å². The van der Waals surface area contributed by atoms with Crippen LogP contribution in [0.25, 0.3) is 0 Å². The fourth-order valence-electron chi connectivity index (χ4n) is 1.08. The van der Waals surface area contributed by atoms with Crippen LogP contribution >= 0.6 is 0 Å². The Balaban J connectivity index is 4.01. The van der Waals surface area contributed by atoms with E-state index in [1.807, 2.05) is 27.7 Å². The first kappa shape index (κ1) is 17.1. The van der Waals surface area contributed by atoms with Crippen LogP contribution < -0.4 is 0 Å². The Morgan fingerprint density at radius 1 is 1.11 bits per heavy atom. The molecule has 0 saturated carbocycles. The Labute approximate surface area is 110 Å². The molecule has 0 atom stereocenters. The summed E-state index contributed by atoms with van der Waals surface area (Å²) in [5.74, 6) is -0.376. The second-order valence-electron chi connectivity index (χ2n) is 6.34. The molecular formula is C14H26O4. The van der Waals surface area contributed by atoms with Gasteiger partial charge in [-0.2, -0.15) is 0 Å². The van der Waals surface area contributed by atoms with Gasteiger partial charge in [0.15, 0.2) is 0 Å². The third-order valence-corrected chi connectivity index (χ3v) is 2.36. The first-order chi connectivity index (χ1) is 8.09. The Bertz CT molecular complexity index is 292. The molecule has 0 aromatic rings. The van der Waals surface area contributed by atoms with Crippen LogP contribution in [-0.2, 0) is 14.3 Å². The number of esters is 1. The number of aliphatic hydroxyl groups excluding tert-OH is 1. The molecule has 4 nitrogen and oxygen atoms in total. The average molecular weight is 258 g/mol. The molecule has 1 N–H and O–H groups in total. The van der Waals surface area contributed by atoms with Crippen molar-refractivity contribution < 1.29 is 19.4 Å². The van der Waals surface area contributed by atoms with E-state index in [9.17, 15) is 4.79 Å². The minimum atomic E-state index is -0.376. The van der Waals surface area contributed by atoms with Crippen molar-refractivity contribution in [3.63, 3.8) is 0 Å². The molecule has 4 heteroatoms. The molecule has 0 saturated heterocycles. The van der Waals surface area contributed by atoms with Gasteiger partial charge in [-0.1, -0.05) is 34.3 Å². The van der Waals surface area contributed by atoms with Crippen molar-refractivity contribution in [3.05, 3.63) is 12.2 Å². The first-order valence-electron chi connectivity index (χ1n) is 6.11. The number of rotatable bonds is 8.